The Morgan fingerprint density at radius 2 is 1.89 bits per heavy atom. The number of nitrogens with zero attached hydrogens (tertiary/aromatic N) is 2. The van der Waals surface area contributed by atoms with E-state index in [9.17, 15) is 0 Å². The zero-order valence-electron chi connectivity index (χ0n) is 12.3. The molecule has 0 radical (unpaired) electrons. The summed E-state index contributed by atoms with van der Waals surface area (Å²) in [6.45, 7) is 4.99. The van der Waals surface area contributed by atoms with E-state index in [0.717, 1.165) is 30.7 Å². The van der Waals surface area contributed by atoms with Crippen LogP contribution in [0.1, 0.15) is 23.1 Å². The Bertz CT molecular complexity index is 588. The molecule has 0 saturated carbocycles. The second-order valence-corrected chi connectivity index (χ2v) is 5.41. The fourth-order valence-electron chi connectivity index (χ4n) is 2.52. The molecule has 0 saturated heterocycles. The number of aromatic nitrogens is 1. The molecule has 0 amide bonds. The highest BCUT2D eigenvalue weighted by Gasteiger charge is 2.10. The zero-order valence-corrected chi connectivity index (χ0v) is 12.3. The first kappa shape index (κ1) is 13.8. The summed E-state index contributed by atoms with van der Waals surface area (Å²) in [5, 5.41) is 1.25. The fourth-order valence-corrected chi connectivity index (χ4v) is 2.52. The van der Waals surface area contributed by atoms with E-state index >= 15 is 0 Å². The zero-order chi connectivity index (χ0) is 14.0. The predicted octanol–water partition coefficient (Wildman–Crippen LogP) is 2.81. The van der Waals surface area contributed by atoms with Gasteiger partial charge in [-0.25, -0.2) is 4.98 Å². The standard InChI is InChI=1S/C16H23N3/c1-11-8-12(2)14-10-13(6-5-7-17)16(19(3)4)18-15(14)9-11/h8-10H,5-7,17H2,1-4H3. The summed E-state index contributed by atoms with van der Waals surface area (Å²) in [7, 11) is 4.09. The SMILES string of the molecule is Cc1cc(C)c2cc(CCCN)c(N(C)C)nc2c1. The van der Waals surface area contributed by atoms with Gasteiger partial charge in [-0.05, 0) is 62.1 Å². The van der Waals surface area contributed by atoms with Crippen LogP contribution in [0.25, 0.3) is 10.9 Å². The Kier molecular flexibility index (Phi) is 4.05. The largest absolute Gasteiger partial charge is 0.362 e. The van der Waals surface area contributed by atoms with Gasteiger partial charge in [0.15, 0.2) is 0 Å². The number of anilines is 1. The molecule has 2 N–H and O–H groups in total. The maximum Gasteiger partial charge on any atom is 0.131 e. The number of aryl methyl sites for hydroxylation is 3. The van der Waals surface area contributed by atoms with Crippen LogP contribution in [0.3, 0.4) is 0 Å². The molecule has 0 bridgehead atoms. The Morgan fingerprint density at radius 1 is 1.16 bits per heavy atom. The third-order valence-corrected chi connectivity index (χ3v) is 3.42. The van der Waals surface area contributed by atoms with Gasteiger partial charge in [0, 0.05) is 19.5 Å². The highest BCUT2D eigenvalue weighted by Crippen LogP contribution is 2.26. The van der Waals surface area contributed by atoms with Crippen LogP contribution < -0.4 is 10.6 Å². The Hall–Kier alpha value is -1.61. The highest BCUT2D eigenvalue weighted by molar-refractivity contribution is 5.85. The van der Waals surface area contributed by atoms with Crippen LogP contribution in [0.5, 0.6) is 0 Å². The molecule has 0 aliphatic rings. The molecule has 3 nitrogen and oxygen atoms in total. The lowest BCUT2D eigenvalue weighted by molar-refractivity contribution is 0.826. The highest BCUT2D eigenvalue weighted by atomic mass is 15.1. The van der Waals surface area contributed by atoms with Crippen molar-refractivity contribution in [3.05, 3.63) is 34.9 Å². The minimum Gasteiger partial charge on any atom is -0.362 e. The number of nitrogens with two attached hydrogens (primary N) is 1. The van der Waals surface area contributed by atoms with Gasteiger partial charge in [0.2, 0.25) is 0 Å². The lowest BCUT2D eigenvalue weighted by Crippen LogP contribution is -2.14. The van der Waals surface area contributed by atoms with Crippen LogP contribution in [0.15, 0.2) is 18.2 Å². The predicted molar refractivity (Wildman–Crippen MR) is 82.9 cm³/mol. The summed E-state index contributed by atoms with van der Waals surface area (Å²) >= 11 is 0. The van der Waals surface area contributed by atoms with E-state index in [4.69, 9.17) is 10.7 Å². The van der Waals surface area contributed by atoms with E-state index < -0.39 is 0 Å². The molecule has 0 spiro atoms. The molecule has 0 aliphatic heterocycles. The van der Waals surface area contributed by atoms with Gasteiger partial charge < -0.3 is 10.6 Å². The normalized spacial score (nSPS) is 11.0. The molecule has 1 aromatic heterocycles. The van der Waals surface area contributed by atoms with Gasteiger partial charge in [-0.3, -0.25) is 0 Å². The van der Waals surface area contributed by atoms with Crippen molar-refractivity contribution in [1.82, 2.24) is 4.98 Å². The van der Waals surface area contributed by atoms with Crippen molar-refractivity contribution in [2.45, 2.75) is 26.7 Å². The average Bonchev–Trinajstić information content (AvgIpc) is 2.35. The van der Waals surface area contributed by atoms with Gasteiger partial charge in [0.1, 0.15) is 5.82 Å². The average molecular weight is 257 g/mol. The second kappa shape index (κ2) is 5.57. The van der Waals surface area contributed by atoms with Crippen molar-refractivity contribution in [3.8, 4) is 0 Å². The van der Waals surface area contributed by atoms with Crippen molar-refractivity contribution < 1.29 is 0 Å². The molecule has 0 fully saturated rings. The van der Waals surface area contributed by atoms with Gasteiger partial charge in [0.25, 0.3) is 0 Å². The van der Waals surface area contributed by atoms with Crippen LogP contribution >= 0.6 is 0 Å². The van der Waals surface area contributed by atoms with Crippen molar-refractivity contribution in [1.29, 1.82) is 0 Å². The molecular formula is C16H23N3. The third-order valence-electron chi connectivity index (χ3n) is 3.42. The molecule has 1 heterocycles. The number of rotatable bonds is 4. The lowest BCUT2D eigenvalue weighted by atomic mass is 10.0. The number of pyridine rings is 1. The molecule has 102 valence electrons. The van der Waals surface area contributed by atoms with Gasteiger partial charge in [-0.1, -0.05) is 6.07 Å². The summed E-state index contributed by atoms with van der Waals surface area (Å²) < 4.78 is 0. The number of hydrogen-bond donors (Lipinski definition) is 1. The van der Waals surface area contributed by atoms with Crippen LogP contribution in [0.4, 0.5) is 5.82 Å². The summed E-state index contributed by atoms with van der Waals surface area (Å²) in [6.07, 6.45) is 1.99. The number of benzene rings is 1. The molecule has 2 aromatic rings. The lowest BCUT2D eigenvalue weighted by Gasteiger charge is -2.18. The van der Waals surface area contributed by atoms with E-state index in [0.29, 0.717) is 0 Å². The first-order chi connectivity index (χ1) is 9.02. The maximum atomic E-state index is 5.63. The third kappa shape index (κ3) is 2.87. The van der Waals surface area contributed by atoms with Gasteiger partial charge in [0.05, 0.1) is 5.52 Å². The summed E-state index contributed by atoms with van der Waals surface area (Å²) in [5.74, 6) is 1.06. The maximum absolute atomic E-state index is 5.63. The summed E-state index contributed by atoms with van der Waals surface area (Å²) in [5.41, 5.74) is 10.6. The Balaban J connectivity index is 2.62. The minimum absolute atomic E-state index is 0.720. The second-order valence-electron chi connectivity index (χ2n) is 5.41. The van der Waals surface area contributed by atoms with Crippen LogP contribution in [0.2, 0.25) is 0 Å². The van der Waals surface area contributed by atoms with E-state index in [2.05, 4.69) is 36.9 Å². The fraction of sp³-hybridized carbons (Fsp3) is 0.438. The summed E-state index contributed by atoms with van der Waals surface area (Å²) in [4.78, 5) is 6.92. The molecule has 2 rings (SSSR count). The van der Waals surface area contributed by atoms with E-state index in [1.165, 1.54) is 22.1 Å². The quantitative estimate of drug-likeness (QED) is 0.915. The molecule has 0 atom stereocenters. The van der Waals surface area contributed by atoms with Crippen molar-refractivity contribution in [3.63, 3.8) is 0 Å². The molecule has 0 unspecified atom stereocenters. The van der Waals surface area contributed by atoms with Crippen molar-refractivity contribution >= 4 is 16.7 Å². The van der Waals surface area contributed by atoms with E-state index in [-0.39, 0.29) is 0 Å². The first-order valence-electron chi connectivity index (χ1n) is 6.81. The van der Waals surface area contributed by atoms with Crippen LogP contribution in [0, 0.1) is 13.8 Å². The van der Waals surface area contributed by atoms with E-state index in [1.54, 1.807) is 0 Å². The number of fused-ring (bicyclic) bond motifs is 1. The van der Waals surface area contributed by atoms with Crippen LogP contribution in [-0.4, -0.2) is 25.6 Å². The van der Waals surface area contributed by atoms with Crippen LogP contribution in [-0.2, 0) is 6.42 Å². The molecule has 0 aliphatic carbocycles. The molecule has 3 heteroatoms. The molecular weight excluding hydrogens is 234 g/mol. The topological polar surface area (TPSA) is 42.1 Å². The monoisotopic (exact) mass is 257 g/mol. The van der Waals surface area contributed by atoms with Gasteiger partial charge in [-0.2, -0.15) is 0 Å². The smallest absolute Gasteiger partial charge is 0.131 e. The number of hydrogen-bond acceptors (Lipinski definition) is 3. The molecule has 1 aromatic carbocycles. The van der Waals surface area contributed by atoms with Crippen molar-refractivity contribution in [2.75, 3.05) is 25.5 Å². The minimum atomic E-state index is 0.720. The van der Waals surface area contributed by atoms with Gasteiger partial charge in [-0.15, -0.1) is 0 Å². The molecule has 19 heavy (non-hydrogen) atoms. The first-order valence-corrected chi connectivity index (χ1v) is 6.81. The summed E-state index contributed by atoms with van der Waals surface area (Å²) in [6, 6.07) is 6.65. The Labute approximate surface area is 115 Å². The van der Waals surface area contributed by atoms with Crippen molar-refractivity contribution in [2.24, 2.45) is 5.73 Å². The van der Waals surface area contributed by atoms with Gasteiger partial charge >= 0.3 is 0 Å². The Morgan fingerprint density at radius 3 is 2.53 bits per heavy atom. The van der Waals surface area contributed by atoms with E-state index in [1.807, 2.05) is 14.1 Å².